The van der Waals surface area contributed by atoms with Gasteiger partial charge < -0.3 is 14.5 Å². The van der Waals surface area contributed by atoms with Crippen LogP contribution in [0.15, 0.2) is 0 Å². The highest BCUT2D eigenvalue weighted by Crippen LogP contribution is 2.61. The van der Waals surface area contributed by atoms with Crippen LogP contribution in [-0.2, 0) is 9.53 Å². The van der Waals surface area contributed by atoms with Gasteiger partial charge in [-0.2, -0.15) is 0 Å². The number of hydrogen-bond donors (Lipinski definition) is 0. The minimum absolute atomic E-state index is 0.251. The third-order valence-corrected chi connectivity index (χ3v) is 5.34. The van der Waals surface area contributed by atoms with Gasteiger partial charge in [0.15, 0.2) is 0 Å². The average Bonchev–Trinajstić information content (AvgIpc) is 3.08. The average molecular weight is 308 g/mol. The molecule has 5 heteroatoms. The van der Waals surface area contributed by atoms with Crippen LogP contribution in [0.1, 0.15) is 52.9 Å². The SMILES string of the molecule is CC(C)(C)OC(=O)N1CCN(C(=O)[C@H]2CCCC23CC3)CC1. The van der Waals surface area contributed by atoms with E-state index in [-0.39, 0.29) is 12.0 Å². The van der Waals surface area contributed by atoms with E-state index in [1.54, 1.807) is 4.90 Å². The van der Waals surface area contributed by atoms with Gasteiger partial charge in [-0.15, -0.1) is 0 Å². The molecule has 3 rings (SSSR count). The predicted octanol–water partition coefficient (Wildman–Crippen LogP) is 2.65. The summed E-state index contributed by atoms with van der Waals surface area (Å²) >= 11 is 0. The summed E-state index contributed by atoms with van der Waals surface area (Å²) in [6.07, 6.45) is 5.71. The van der Waals surface area contributed by atoms with Gasteiger partial charge in [-0.1, -0.05) is 6.42 Å². The number of nitrogens with zero attached hydrogens (tertiary/aromatic N) is 2. The van der Waals surface area contributed by atoms with Crippen LogP contribution in [-0.4, -0.2) is 53.6 Å². The van der Waals surface area contributed by atoms with Gasteiger partial charge in [-0.05, 0) is 51.9 Å². The van der Waals surface area contributed by atoms with Crippen LogP contribution in [0.3, 0.4) is 0 Å². The first-order chi connectivity index (χ1) is 10.3. The van der Waals surface area contributed by atoms with Crippen molar-refractivity contribution in [2.24, 2.45) is 11.3 Å². The lowest BCUT2D eigenvalue weighted by atomic mass is 9.91. The van der Waals surface area contributed by atoms with E-state index in [0.29, 0.717) is 37.5 Å². The van der Waals surface area contributed by atoms with E-state index in [1.165, 1.54) is 25.7 Å². The Bertz CT molecular complexity index is 457. The van der Waals surface area contributed by atoms with E-state index < -0.39 is 5.60 Å². The summed E-state index contributed by atoms with van der Waals surface area (Å²) in [5, 5.41) is 0. The second kappa shape index (κ2) is 5.43. The maximum absolute atomic E-state index is 12.8. The highest BCUT2D eigenvalue weighted by molar-refractivity contribution is 5.81. The smallest absolute Gasteiger partial charge is 0.410 e. The van der Waals surface area contributed by atoms with Crippen LogP contribution in [0.2, 0.25) is 0 Å². The van der Waals surface area contributed by atoms with Crippen LogP contribution >= 0.6 is 0 Å². The molecule has 1 atom stereocenters. The molecule has 0 unspecified atom stereocenters. The molecule has 0 bridgehead atoms. The zero-order valence-electron chi connectivity index (χ0n) is 14.1. The van der Waals surface area contributed by atoms with Crippen molar-refractivity contribution in [1.82, 2.24) is 9.80 Å². The quantitative estimate of drug-likeness (QED) is 0.748. The first kappa shape index (κ1) is 15.6. The van der Waals surface area contributed by atoms with Crippen LogP contribution in [0.5, 0.6) is 0 Å². The van der Waals surface area contributed by atoms with Crippen molar-refractivity contribution in [1.29, 1.82) is 0 Å². The Hall–Kier alpha value is -1.26. The van der Waals surface area contributed by atoms with Crippen molar-refractivity contribution < 1.29 is 14.3 Å². The number of carbonyl (C=O) groups excluding carboxylic acids is 2. The molecule has 0 radical (unpaired) electrons. The molecule has 3 fully saturated rings. The Morgan fingerprint density at radius 3 is 2.14 bits per heavy atom. The number of amides is 2. The van der Waals surface area contributed by atoms with E-state index in [0.717, 1.165) is 6.42 Å². The first-order valence-electron chi connectivity index (χ1n) is 8.57. The zero-order valence-corrected chi connectivity index (χ0v) is 14.1. The van der Waals surface area contributed by atoms with Gasteiger partial charge >= 0.3 is 6.09 Å². The van der Waals surface area contributed by atoms with Crippen LogP contribution in [0.25, 0.3) is 0 Å². The molecule has 124 valence electrons. The van der Waals surface area contributed by atoms with E-state index in [2.05, 4.69) is 0 Å². The molecule has 0 N–H and O–H groups in total. The summed E-state index contributed by atoms with van der Waals surface area (Å²) in [6.45, 7) is 8.08. The summed E-state index contributed by atoms with van der Waals surface area (Å²) in [7, 11) is 0. The molecule has 1 spiro atoms. The fourth-order valence-electron chi connectivity index (χ4n) is 3.94. The van der Waals surface area contributed by atoms with Crippen LogP contribution < -0.4 is 0 Å². The van der Waals surface area contributed by atoms with Crippen molar-refractivity contribution >= 4 is 12.0 Å². The van der Waals surface area contributed by atoms with Crippen LogP contribution in [0, 0.1) is 11.3 Å². The molecule has 2 amide bonds. The summed E-state index contributed by atoms with van der Waals surface area (Å²) in [6, 6.07) is 0. The Morgan fingerprint density at radius 2 is 1.59 bits per heavy atom. The monoisotopic (exact) mass is 308 g/mol. The normalized spacial score (nSPS) is 27.1. The van der Waals surface area contributed by atoms with E-state index in [9.17, 15) is 9.59 Å². The van der Waals surface area contributed by atoms with Crippen molar-refractivity contribution in [3.63, 3.8) is 0 Å². The summed E-state index contributed by atoms with van der Waals surface area (Å²) in [5.74, 6) is 0.583. The third kappa shape index (κ3) is 3.08. The molecule has 1 aliphatic heterocycles. The third-order valence-electron chi connectivity index (χ3n) is 5.34. The number of rotatable bonds is 1. The molecule has 0 aromatic heterocycles. The fraction of sp³-hybridized carbons (Fsp3) is 0.882. The van der Waals surface area contributed by atoms with Gasteiger partial charge in [-0.3, -0.25) is 4.79 Å². The summed E-state index contributed by atoms with van der Waals surface area (Å²) in [4.78, 5) is 28.5. The highest BCUT2D eigenvalue weighted by atomic mass is 16.6. The van der Waals surface area contributed by atoms with Gasteiger partial charge in [0.25, 0.3) is 0 Å². The molecule has 0 aromatic rings. The van der Waals surface area contributed by atoms with Gasteiger partial charge in [0.2, 0.25) is 5.91 Å². The second-order valence-electron chi connectivity index (χ2n) is 8.10. The minimum atomic E-state index is -0.466. The van der Waals surface area contributed by atoms with Crippen molar-refractivity contribution in [2.45, 2.75) is 58.5 Å². The predicted molar refractivity (Wildman–Crippen MR) is 83.4 cm³/mol. The number of carbonyl (C=O) groups is 2. The standard InChI is InChI=1S/C17H28N2O3/c1-16(2,3)22-15(21)19-11-9-18(10-12-19)14(20)13-5-4-6-17(13)7-8-17/h13H,4-12H2,1-3H3/t13-/m1/s1. The topological polar surface area (TPSA) is 49.9 Å². The Labute approximate surface area is 133 Å². The molecular weight excluding hydrogens is 280 g/mol. The maximum Gasteiger partial charge on any atom is 0.410 e. The van der Waals surface area contributed by atoms with Gasteiger partial charge in [0.1, 0.15) is 5.60 Å². The molecule has 2 aliphatic carbocycles. The number of piperazine rings is 1. The fourth-order valence-corrected chi connectivity index (χ4v) is 3.94. The van der Waals surface area contributed by atoms with Crippen molar-refractivity contribution in [2.75, 3.05) is 26.2 Å². The first-order valence-corrected chi connectivity index (χ1v) is 8.57. The van der Waals surface area contributed by atoms with Crippen molar-refractivity contribution in [3.05, 3.63) is 0 Å². The van der Waals surface area contributed by atoms with Gasteiger partial charge in [-0.25, -0.2) is 4.79 Å². The lowest BCUT2D eigenvalue weighted by molar-refractivity contribution is -0.139. The largest absolute Gasteiger partial charge is 0.444 e. The molecule has 5 nitrogen and oxygen atoms in total. The van der Waals surface area contributed by atoms with Crippen LogP contribution in [0.4, 0.5) is 4.79 Å². The molecule has 0 aromatic carbocycles. The highest BCUT2D eigenvalue weighted by Gasteiger charge is 2.55. The van der Waals surface area contributed by atoms with E-state index in [4.69, 9.17) is 4.74 Å². The molecule has 22 heavy (non-hydrogen) atoms. The van der Waals surface area contributed by atoms with E-state index in [1.807, 2.05) is 25.7 Å². The lowest BCUT2D eigenvalue weighted by Gasteiger charge is -2.37. The number of hydrogen-bond acceptors (Lipinski definition) is 3. The second-order valence-corrected chi connectivity index (χ2v) is 8.10. The zero-order chi connectivity index (χ0) is 16.0. The lowest BCUT2D eigenvalue weighted by Crippen LogP contribution is -2.53. The van der Waals surface area contributed by atoms with Crippen molar-refractivity contribution in [3.8, 4) is 0 Å². The Balaban J connectivity index is 1.51. The van der Waals surface area contributed by atoms with E-state index >= 15 is 0 Å². The Morgan fingerprint density at radius 1 is 1.00 bits per heavy atom. The minimum Gasteiger partial charge on any atom is -0.444 e. The Kier molecular flexibility index (Phi) is 3.86. The molecule has 3 aliphatic rings. The maximum atomic E-state index is 12.8. The van der Waals surface area contributed by atoms with Gasteiger partial charge in [0.05, 0.1) is 0 Å². The summed E-state index contributed by atoms with van der Waals surface area (Å²) < 4.78 is 5.40. The summed E-state index contributed by atoms with van der Waals surface area (Å²) in [5.41, 5.74) is -0.106. The molecule has 1 saturated heterocycles. The molecule has 2 saturated carbocycles. The molecule has 1 heterocycles. The molecular formula is C17H28N2O3. The number of ether oxygens (including phenoxy) is 1. The van der Waals surface area contributed by atoms with Gasteiger partial charge in [0, 0.05) is 32.1 Å².